The molecule has 0 atom stereocenters. The predicted octanol–water partition coefficient (Wildman–Crippen LogP) is 5.55. The minimum atomic E-state index is -0.438. The summed E-state index contributed by atoms with van der Waals surface area (Å²) >= 11 is 7.29. The van der Waals surface area contributed by atoms with Gasteiger partial charge in [0.2, 0.25) is 5.78 Å². The number of thiophene rings is 1. The molecule has 0 radical (unpaired) electrons. The van der Waals surface area contributed by atoms with Gasteiger partial charge in [-0.3, -0.25) is 4.79 Å². The number of halogens is 1. The Morgan fingerprint density at radius 2 is 2.04 bits per heavy atom. The summed E-state index contributed by atoms with van der Waals surface area (Å²) in [4.78, 5) is 25.3. The van der Waals surface area contributed by atoms with E-state index < -0.39 is 5.97 Å². The summed E-state index contributed by atoms with van der Waals surface area (Å²) in [6, 6.07) is 13.8. The van der Waals surface area contributed by atoms with Crippen LogP contribution >= 0.6 is 22.9 Å². The molecule has 0 bridgehead atoms. The summed E-state index contributed by atoms with van der Waals surface area (Å²) < 4.78 is 11.2. The van der Waals surface area contributed by atoms with Gasteiger partial charge in [0.1, 0.15) is 16.4 Å². The number of ether oxygens (including phenoxy) is 2. The van der Waals surface area contributed by atoms with E-state index in [9.17, 15) is 9.59 Å². The molecule has 4 nitrogen and oxygen atoms in total. The van der Waals surface area contributed by atoms with E-state index in [-0.39, 0.29) is 11.5 Å². The maximum atomic E-state index is 12.6. The number of hydrogen-bond acceptors (Lipinski definition) is 5. The van der Waals surface area contributed by atoms with Crippen LogP contribution < -0.4 is 9.47 Å². The van der Waals surface area contributed by atoms with Crippen LogP contribution in [0.4, 0.5) is 0 Å². The molecular weight excluding hydrogens is 384 g/mol. The first-order chi connectivity index (χ1) is 13.0. The lowest BCUT2D eigenvalue weighted by Crippen LogP contribution is -2.07. The lowest BCUT2D eigenvalue weighted by molar-refractivity contribution is 0.0738. The molecule has 0 fully saturated rings. The highest BCUT2D eigenvalue weighted by Crippen LogP contribution is 2.39. The highest BCUT2D eigenvalue weighted by molar-refractivity contribution is 7.12. The summed E-state index contributed by atoms with van der Waals surface area (Å²) in [7, 11) is 0. The van der Waals surface area contributed by atoms with Gasteiger partial charge in [0.15, 0.2) is 5.76 Å². The number of rotatable bonds is 3. The van der Waals surface area contributed by atoms with Gasteiger partial charge in [-0.2, -0.15) is 0 Å². The molecule has 0 unspecified atom stereocenters. The number of carbonyl (C=O) groups is 2. The smallest absolute Gasteiger partial charge is 0.353 e. The molecule has 1 aromatic heterocycles. The summed E-state index contributed by atoms with van der Waals surface area (Å²) in [6.45, 7) is 1.76. The van der Waals surface area contributed by atoms with E-state index >= 15 is 0 Å². The standard InChI is InChI=1S/C21H13ClO4S/c1-12-16(26-21(24)18-6-3-9-27-18)8-7-15-19(23)17(25-20(12)15)11-13-4-2-5-14(22)10-13/h2-11H,1H3/b17-11-. The van der Waals surface area contributed by atoms with E-state index in [4.69, 9.17) is 21.1 Å². The molecule has 134 valence electrons. The molecule has 4 rings (SSSR count). The number of hydrogen-bond donors (Lipinski definition) is 0. The maximum Gasteiger partial charge on any atom is 0.353 e. The first kappa shape index (κ1) is 17.5. The van der Waals surface area contributed by atoms with Gasteiger partial charge in [0.25, 0.3) is 0 Å². The van der Waals surface area contributed by atoms with Crippen LogP contribution in [-0.4, -0.2) is 11.8 Å². The molecule has 0 saturated heterocycles. The van der Waals surface area contributed by atoms with Crippen molar-refractivity contribution in [2.75, 3.05) is 0 Å². The van der Waals surface area contributed by atoms with Crippen LogP contribution in [-0.2, 0) is 0 Å². The molecule has 6 heteroatoms. The average molecular weight is 397 g/mol. The number of carbonyl (C=O) groups excluding carboxylic acids is 2. The van der Waals surface area contributed by atoms with Gasteiger partial charge in [-0.25, -0.2) is 4.79 Å². The number of benzene rings is 2. The Bertz CT molecular complexity index is 1080. The number of allylic oxidation sites excluding steroid dienone is 1. The van der Waals surface area contributed by atoms with Crippen LogP contribution in [0.15, 0.2) is 59.7 Å². The largest absolute Gasteiger partial charge is 0.452 e. The summed E-state index contributed by atoms with van der Waals surface area (Å²) in [5.74, 6) is 0.321. The number of ketones is 1. The Balaban J connectivity index is 1.64. The first-order valence-corrected chi connectivity index (χ1v) is 9.38. The van der Waals surface area contributed by atoms with E-state index in [1.807, 2.05) is 6.07 Å². The van der Waals surface area contributed by atoms with Crippen LogP contribution in [0.1, 0.15) is 31.2 Å². The SMILES string of the molecule is Cc1c(OC(=O)c2cccs2)ccc2c1O/C(=C\c1cccc(Cl)c1)C2=O. The lowest BCUT2D eigenvalue weighted by Gasteiger charge is -2.09. The van der Waals surface area contributed by atoms with Crippen molar-refractivity contribution in [3.63, 3.8) is 0 Å². The molecular formula is C21H13ClO4S. The Morgan fingerprint density at radius 3 is 2.78 bits per heavy atom. The monoisotopic (exact) mass is 396 g/mol. The summed E-state index contributed by atoms with van der Waals surface area (Å²) in [5.41, 5.74) is 1.80. The minimum absolute atomic E-state index is 0.206. The highest BCUT2D eigenvalue weighted by atomic mass is 35.5. The molecule has 0 amide bonds. The van der Waals surface area contributed by atoms with Crippen LogP contribution in [0.25, 0.3) is 6.08 Å². The fourth-order valence-corrected chi connectivity index (χ4v) is 3.57. The summed E-state index contributed by atoms with van der Waals surface area (Å²) in [5, 5.41) is 2.38. The van der Waals surface area contributed by atoms with Crippen molar-refractivity contribution in [1.82, 2.24) is 0 Å². The molecule has 27 heavy (non-hydrogen) atoms. The molecule has 3 aromatic rings. The van der Waals surface area contributed by atoms with Crippen LogP contribution in [0.2, 0.25) is 5.02 Å². The zero-order valence-corrected chi connectivity index (χ0v) is 15.8. The highest BCUT2D eigenvalue weighted by Gasteiger charge is 2.30. The van der Waals surface area contributed by atoms with Crippen LogP contribution in [0, 0.1) is 6.92 Å². The van der Waals surface area contributed by atoms with Crippen molar-refractivity contribution in [3.05, 3.63) is 86.3 Å². The Hall–Kier alpha value is -2.89. The second-order valence-corrected chi connectivity index (χ2v) is 7.31. The van der Waals surface area contributed by atoms with Gasteiger partial charge in [0.05, 0.1) is 5.56 Å². The fraction of sp³-hybridized carbons (Fsp3) is 0.0476. The van der Waals surface area contributed by atoms with Gasteiger partial charge in [0, 0.05) is 10.6 Å². The molecule has 1 aliphatic rings. The zero-order valence-electron chi connectivity index (χ0n) is 14.2. The first-order valence-electron chi connectivity index (χ1n) is 8.12. The van der Waals surface area contributed by atoms with Crippen molar-refractivity contribution in [2.24, 2.45) is 0 Å². The van der Waals surface area contributed by atoms with E-state index in [1.54, 1.807) is 60.8 Å². The van der Waals surface area contributed by atoms with Gasteiger partial charge in [-0.05, 0) is 54.3 Å². The minimum Gasteiger partial charge on any atom is -0.452 e. The maximum absolute atomic E-state index is 12.6. The van der Waals surface area contributed by atoms with E-state index in [0.717, 1.165) is 5.56 Å². The molecule has 1 aliphatic heterocycles. The van der Waals surface area contributed by atoms with Crippen LogP contribution in [0.3, 0.4) is 0 Å². The van der Waals surface area contributed by atoms with Crippen molar-refractivity contribution < 1.29 is 19.1 Å². The molecule has 2 aromatic carbocycles. The number of fused-ring (bicyclic) bond motifs is 1. The van der Waals surface area contributed by atoms with Crippen LogP contribution in [0.5, 0.6) is 11.5 Å². The second-order valence-electron chi connectivity index (χ2n) is 5.93. The number of Topliss-reactive ketones (excluding diaryl/α,β-unsaturated/α-hetero) is 1. The fourth-order valence-electron chi connectivity index (χ4n) is 2.77. The van der Waals surface area contributed by atoms with Crippen molar-refractivity contribution in [1.29, 1.82) is 0 Å². The Kier molecular flexibility index (Phi) is 4.56. The zero-order chi connectivity index (χ0) is 19.0. The Labute approximate surface area is 164 Å². The van der Waals surface area contributed by atoms with Gasteiger partial charge >= 0.3 is 5.97 Å². The van der Waals surface area contributed by atoms with Crippen molar-refractivity contribution >= 4 is 40.8 Å². The predicted molar refractivity (Wildman–Crippen MR) is 105 cm³/mol. The third-order valence-electron chi connectivity index (χ3n) is 4.11. The normalized spacial score (nSPS) is 14.1. The van der Waals surface area contributed by atoms with Crippen molar-refractivity contribution in [3.8, 4) is 11.5 Å². The quantitative estimate of drug-likeness (QED) is 0.331. The molecule has 0 spiro atoms. The lowest BCUT2D eigenvalue weighted by atomic mass is 10.1. The summed E-state index contributed by atoms with van der Waals surface area (Å²) in [6.07, 6.45) is 1.64. The van der Waals surface area contributed by atoms with Gasteiger partial charge in [-0.1, -0.05) is 29.8 Å². The van der Waals surface area contributed by atoms with Gasteiger partial charge in [-0.15, -0.1) is 11.3 Å². The van der Waals surface area contributed by atoms with Crippen molar-refractivity contribution in [2.45, 2.75) is 6.92 Å². The van der Waals surface area contributed by atoms with Gasteiger partial charge < -0.3 is 9.47 Å². The third kappa shape index (κ3) is 3.39. The van der Waals surface area contributed by atoms with E-state index in [1.165, 1.54) is 11.3 Å². The molecule has 2 heterocycles. The number of esters is 1. The van der Waals surface area contributed by atoms with E-state index in [2.05, 4.69) is 0 Å². The molecule has 0 aliphatic carbocycles. The second kappa shape index (κ2) is 7.02. The topological polar surface area (TPSA) is 52.6 Å². The third-order valence-corrected chi connectivity index (χ3v) is 5.19. The Morgan fingerprint density at radius 1 is 1.19 bits per heavy atom. The molecule has 0 saturated carbocycles. The molecule has 0 N–H and O–H groups in total. The van der Waals surface area contributed by atoms with E-state index in [0.29, 0.717) is 32.5 Å². The average Bonchev–Trinajstić information content (AvgIpc) is 3.28.